The van der Waals surface area contributed by atoms with Gasteiger partial charge in [-0.05, 0) is 44.4 Å². The topological polar surface area (TPSA) is 287 Å². The molecule has 266 valence electrons. The molecule has 0 saturated carbocycles. The summed E-state index contributed by atoms with van der Waals surface area (Å²) in [6.07, 6.45) is -0.640. The Morgan fingerprint density at radius 3 is 1.74 bits per heavy atom. The fraction of sp³-hybridized carbons (Fsp3) is 0.724. The summed E-state index contributed by atoms with van der Waals surface area (Å²) < 4.78 is 0. The highest BCUT2D eigenvalue weighted by Gasteiger charge is 2.31. The standard InChI is InChI=1S/C29H50N8O10/c1-14(2)8-20(26(43)33-13-24(41)36-21(9-15(3)4)28(45)34-16(5)29(46)47)37-27(44)18(6-7-22(30)39)35-23(40)12-32-25(42)19-10-17(38)11-31-19/h14-21,31,38H,6-13H2,1-5H3,(H2,30,39)(H,32,42)(H,33,43)(H,34,45)(H,35,40)(H,36,41)(H,37,44)(H,46,47)/t16-,17+,18-,19-,20-,21-/m0/s1. The number of aliphatic hydroxyl groups is 1. The number of β-amino-alcohol motifs (C(OH)–C–C–N with tert-alkyl or cyclic N) is 1. The molecule has 0 unspecified atom stereocenters. The lowest BCUT2D eigenvalue weighted by molar-refractivity contribution is -0.141. The highest BCUT2D eigenvalue weighted by atomic mass is 16.4. The predicted octanol–water partition coefficient (Wildman–Crippen LogP) is -3.66. The van der Waals surface area contributed by atoms with Gasteiger partial charge in [-0.3, -0.25) is 38.4 Å². The van der Waals surface area contributed by atoms with Crippen molar-refractivity contribution in [2.45, 2.75) is 103 Å². The number of carbonyl (C=O) groups excluding carboxylic acids is 7. The summed E-state index contributed by atoms with van der Waals surface area (Å²) in [5.74, 6) is -6.36. The van der Waals surface area contributed by atoms with Crippen molar-refractivity contribution in [3.05, 3.63) is 0 Å². The molecule has 0 aromatic heterocycles. The first-order valence-electron chi connectivity index (χ1n) is 15.6. The predicted molar refractivity (Wildman–Crippen MR) is 167 cm³/mol. The number of carbonyl (C=O) groups is 8. The summed E-state index contributed by atoms with van der Waals surface area (Å²) >= 11 is 0. The molecule has 0 spiro atoms. The first kappa shape index (κ1) is 40.7. The van der Waals surface area contributed by atoms with Crippen molar-refractivity contribution in [2.75, 3.05) is 19.6 Å². The zero-order chi connectivity index (χ0) is 35.8. The van der Waals surface area contributed by atoms with E-state index in [1.165, 1.54) is 6.92 Å². The first-order chi connectivity index (χ1) is 21.9. The van der Waals surface area contributed by atoms with E-state index in [4.69, 9.17) is 10.8 Å². The molecule has 6 atom stereocenters. The Hall–Kier alpha value is -4.32. The van der Waals surface area contributed by atoms with Gasteiger partial charge in [0, 0.05) is 13.0 Å². The van der Waals surface area contributed by atoms with Crippen LogP contribution in [0.15, 0.2) is 0 Å². The fourth-order valence-corrected chi connectivity index (χ4v) is 4.60. The molecule has 1 aliphatic heterocycles. The lowest BCUT2D eigenvalue weighted by Gasteiger charge is -2.25. The minimum absolute atomic E-state index is 0.0380. The maximum absolute atomic E-state index is 13.2. The van der Waals surface area contributed by atoms with Crippen molar-refractivity contribution in [3.63, 3.8) is 0 Å². The monoisotopic (exact) mass is 670 g/mol. The fourth-order valence-electron chi connectivity index (χ4n) is 4.60. The molecule has 0 aliphatic carbocycles. The number of carboxylic acid groups (broad SMARTS) is 1. The molecule has 18 heteroatoms. The van der Waals surface area contributed by atoms with E-state index in [1.807, 2.05) is 13.8 Å². The minimum Gasteiger partial charge on any atom is -0.480 e. The molecule has 1 saturated heterocycles. The van der Waals surface area contributed by atoms with E-state index in [0.717, 1.165) is 0 Å². The molecular formula is C29H50N8O10. The van der Waals surface area contributed by atoms with Crippen LogP contribution >= 0.6 is 0 Å². The highest BCUT2D eigenvalue weighted by molar-refractivity contribution is 5.95. The van der Waals surface area contributed by atoms with Gasteiger partial charge in [-0.15, -0.1) is 0 Å². The van der Waals surface area contributed by atoms with Gasteiger partial charge in [0.05, 0.1) is 25.2 Å². The van der Waals surface area contributed by atoms with Gasteiger partial charge in [-0.25, -0.2) is 0 Å². The summed E-state index contributed by atoms with van der Waals surface area (Å²) in [6, 6.07) is -5.38. The number of rotatable bonds is 20. The van der Waals surface area contributed by atoms with Crippen LogP contribution in [-0.2, 0) is 38.4 Å². The molecule has 0 bridgehead atoms. The zero-order valence-corrected chi connectivity index (χ0v) is 27.5. The maximum Gasteiger partial charge on any atom is 0.325 e. The van der Waals surface area contributed by atoms with E-state index in [2.05, 4.69) is 37.2 Å². The second-order valence-electron chi connectivity index (χ2n) is 12.4. The highest BCUT2D eigenvalue weighted by Crippen LogP contribution is 2.09. The minimum atomic E-state index is -1.30. The molecule has 0 aromatic rings. The molecule has 1 aliphatic rings. The summed E-state index contributed by atoms with van der Waals surface area (Å²) in [7, 11) is 0. The molecule has 7 amide bonds. The van der Waals surface area contributed by atoms with E-state index < -0.39 is 96.7 Å². The van der Waals surface area contributed by atoms with Crippen LogP contribution in [0.5, 0.6) is 0 Å². The first-order valence-corrected chi connectivity index (χ1v) is 15.6. The van der Waals surface area contributed by atoms with Crippen LogP contribution in [0.25, 0.3) is 0 Å². The lowest BCUT2D eigenvalue weighted by Crippen LogP contribution is -2.56. The molecule has 1 fully saturated rings. The van der Waals surface area contributed by atoms with E-state index in [0.29, 0.717) is 0 Å². The number of nitrogens with two attached hydrogens (primary N) is 1. The van der Waals surface area contributed by atoms with Gasteiger partial charge in [0.25, 0.3) is 0 Å². The van der Waals surface area contributed by atoms with Crippen molar-refractivity contribution in [1.82, 2.24) is 37.2 Å². The molecule has 0 aromatic carbocycles. The number of aliphatic carboxylic acids is 1. The largest absolute Gasteiger partial charge is 0.480 e. The average molecular weight is 671 g/mol. The Kier molecular flexibility index (Phi) is 17.3. The summed E-state index contributed by atoms with van der Waals surface area (Å²) in [5, 5.41) is 36.1. The van der Waals surface area contributed by atoms with Gasteiger partial charge in [0.2, 0.25) is 41.4 Å². The number of hydrogen-bond acceptors (Lipinski definition) is 10. The average Bonchev–Trinajstić information content (AvgIpc) is 3.41. The van der Waals surface area contributed by atoms with E-state index in [1.54, 1.807) is 13.8 Å². The number of aliphatic hydroxyl groups excluding tert-OH is 1. The van der Waals surface area contributed by atoms with Crippen LogP contribution in [0.1, 0.15) is 66.7 Å². The molecule has 0 radical (unpaired) electrons. The summed E-state index contributed by atoms with van der Waals surface area (Å²) in [5.41, 5.74) is 5.23. The lowest BCUT2D eigenvalue weighted by atomic mass is 10.0. The Bertz CT molecular complexity index is 1150. The van der Waals surface area contributed by atoms with E-state index >= 15 is 0 Å². The Labute approximate surface area is 273 Å². The third-order valence-corrected chi connectivity index (χ3v) is 7.03. The third kappa shape index (κ3) is 16.2. The Balaban J connectivity index is 2.87. The number of nitrogens with one attached hydrogen (secondary N) is 7. The SMILES string of the molecule is CC(C)C[C@H](NC(=O)CNC(=O)[C@H](CC(C)C)NC(=O)[C@H](CCC(N)=O)NC(=O)CNC(=O)[C@@H]1C[C@@H](O)CN1)C(=O)N[C@@H](C)C(=O)O. The van der Waals surface area contributed by atoms with Crippen molar-refractivity contribution in [3.8, 4) is 0 Å². The zero-order valence-electron chi connectivity index (χ0n) is 27.5. The second kappa shape index (κ2) is 20.0. The van der Waals surface area contributed by atoms with Crippen LogP contribution in [0.4, 0.5) is 0 Å². The maximum atomic E-state index is 13.2. The van der Waals surface area contributed by atoms with Crippen molar-refractivity contribution in [1.29, 1.82) is 0 Å². The van der Waals surface area contributed by atoms with Crippen LogP contribution < -0.4 is 43.0 Å². The van der Waals surface area contributed by atoms with Gasteiger partial charge in [0.15, 0.2) is 0 Å². The van der Waals surface area contributed by atoms with Crippen molar-refractivity contribution in [2.24, 2.45) is 17.6 Å². The molecule has 47 heavy (non-hydrogen) atoms. The van der Waals surface area contributed by atoms with Crippen LogP contribution in [-0.4, -0.2) is 113 Å². The quantitative estimate of drug-likeness (QED) is 0.0602. The van der Waals surface area contributed by atoms with Crippen LogP contribution in [0.3, 0.4) is 0 Å². The van der Waals surface area contributed by atoms with Crippen LogP contribution in [0.2, 0.25) is 0 Å². The van der Waals surface area contributed by atoms with Gasteiger partial charge in [0.1, 0.15) is 24.2 Å². The van der Waals surface area contributed by atoms with Crippen molar-refractivity contribution >= 4 is 47.3 Å². The van der Waals surface area contributed by atoms with Gasteiger partial charge in [-0.1, -0.05) is 27.7 Å². The van der Waals surface area contributed by atoms with E-state index in [-0.39, 0.29) is 50.5 Å². The molecule has 18 nitrogen and oxygen atoms in total. The summed E-state index contributed by atoms with van der Waals surface area (Å²) in [4.78, 5) is 98.9. The Morgan fingerprint density at radius 2 is 1.26 bits per heavy atom. The summed E-state index contributed by atoms with van der Waals surface area (Å²) in [6.45, 7) is 7.66. The second-order valence-corrected chi connectivity index (χ2v) is 12.4. The normalized spacial score (nSPS) is 18.3. The van der Waals surface area contributed by atoms with Gasteiger partial charge in [-0.2, -0.15) is 0 Å². The number of amides is 7. The van der Waals surface area contributed by atoms with Crippen LogP contribution in [0, 0.1) is 11.8 Å². The molecule has 1 rings (SSSR count). The smallest absolute Gasteiger partial charge is 0.325 e. The molecular weight excluding hydrogens is 620 g/mol. The number of primary amides is 1. The van der Waals surface area contributed by atoms with Gasteiger partial charge >= 0.3 is 5.97 Å². The van der Waals surface area contributed by atoms with E-state index in [9.17, 15) is 43.5 Å². The van der Waals surface area contributed by atoms with Gasteiger partial charge < -0.3 is 53.2 Å². The van der Waals surface area contributed by atoms with Crippen molar-refractivity contribution < 1.29 is 48.6 Å². The third-order valence-electron chi connectivity index (χ3n) is 7.03. The number of hydrogen-bond donors (Lipinski definition) is 10. The molecule has 11 N–H and O–H groups in total. The number of carboxylic acids is 1. The Morgan fingerprint density at radius 1 is 0.745 bits per heavy atom. The molecule has 1 heterocycles.